The topological polar surface area (TPSA) is 93.0 Å². The van der Waals surface area contributed by atoms with Crippen LogP contribution in [0.5, 0.6) is 0 Å². The average molecular weight is 425 g/mol. The number of amides is 2. The number of carbonyl (C=O) groups excluding carboxylic acids is 2. The second-order valence-corrected chi connectivity index (χ2v) is 7.53. The van der Waals surface area contributed by atoms with Crippen molar-refractivity contribution in [2.24, 2.45) is 0 Å². The molecule has 1 saturated heterocycles. The van der Waals surface area contributed by atoms with Gasteiger partial charge in [0.15, 0.2) is 0 Å². The van der Waals surface area contributed by atoms with Gasteiger partial charge in [-0.3, -0.25) is 14.6 Å². The van der Waals surface area contributed by atoms with Gasteiger partial charge in [-0.2, -0.15) is 0 Å². The number of piperidine rings is 1. The van der Waals surface area contributed by atoms with Gasteiger partial charge in [0.05, 0.1) is 16.3 Å². The first-order valence-electron chi connectivity index (χ1n) is 9.71. The molecule has 3 aromatic rings. The molecule has 2 amide bonds. The van der Waals surface area contributed by atoms with Crippen LogP contribution < -0.4 is 5.32 Å². The number of aryl methyl sites for hydroxylation is 1. The largest absolute Gasteiger partial charge is 0.349 e. The van der Waals surface area contributed by atoms with E-state index in [9.17, 15) is 9.59 Å². The molecule has 0 spiro atoms. The molecule has 2 aromatic heterocycles. The summed E-state index contributed by atoms with van der Waals surface area (Å²) in [6, 6.07) is 10.8. The molecule has 0 bridgehead atoms. The quantitative estimate of drug-likeness (QED) is 0.695. The van der Waals surface area contributed by atoms with Crippen LogP contribution in [0.2, 0.25) is 5.02 Å². The van der Waals surface area contributed by atoms with Crippen LogP contribution in [0, 0.1) is 6.92 Å². The predicted octanol–water partition coefficient (Wildman–Crippen LogP) is 2.66. The number of halogens is 1. The van der Waals surface area contributed by atoms with Gasteiger partial charge in [-0.05, 0) is 44.0 Å². The summed E-state index contributed by atoms with van der Waals surface area (Å²) in [4.78, 5) is 35.2. The second-order valence-electron chi connectivity index (χ2n) is 7.13. The molecule has 4 rings (SSSR count). The Balaban J connectivity index is 1.39. The lowest BCUT2D eigenvalue weighted by atomic mass is 10.0. The lowest BCUT2D eigenvalue weighted by Crippen LogP contribution is -2.46. The minimum atomic E-state index is -0.221. The van der Waals surface area contributed by atoms with Gasteiger partial charge in [-0.1, -0.05) is 23.7 Å². The van der Waals surface area contributed by atoms with Crippen LogP contribution in [0.4, 0.5) is 0 Å². The number of aromatic nitrogens is 4. The third kappa shape index (κ3) is 4.18. The van der Waals surface area contributed by atoms with Gasteiger partial charge < -0.3 is 10.2 Å². The van der Waals surface area contributed by atoms with E-state index in [2.05, 4.69) is 20.4 Å². The summed E-state index contributed by atoms with van der Waals surface area (Å²) in [6.45, 7) is 2.83. The maximum Gasteiger partial charge on any atom is 0.293 e. The Kier molecular flexibility index (Phi) is 5.76. The Morgan fingerprint density at radius 1 is 1.13 bits per heavy atom. The SMILES string of the molecule is Cc1nc(C(=O)N2CCC(NC(=O)c3cccnc3)CC2)nn1-c1ccccc1Cl. The smallest absolute Gasteiger partial charge is 0.293 e. The Labute approximate surface area is 178 Å². The van der Waals surface area contributed by atoms with Crippen LogP contribution in [0.3, 0.4) is 0 Å². The third-order valence-electron chi connectivity index (χ3n) is 5.08. The van der Waals surface area contributed by atoms with Crippen LogP contribution >= 0.6 is 11.6 Å². The molecule has 0 aliphatic carbocycles. The van der Waals surface area contributed by atoms with E-state index in [1.165, 1.54) is 6.20 Å². The molecule has 8 nitrogen and oxygen atoms in total. The van der Waals surface area contributed by atoms with Crippen LogP contribution in [-0.2, 0) is 0 Å². The number of hydrogen-bond donors (Lipinski definition) is 1. The summed E-state index contributed by atoms with van der Waals surface area (Å²) in [7, 11) is 0. The van der Waals surface area contributed by atoms with Crippen molar-refractivity contribution in [2.75, 3.05) is 13.1 Å². The number of rotatable bonds is 4. The van der Waals surface area contributed by atoms with E-state index in [1.807, 2.05) is 18.2 Å². The molecule has 0 unspecified atom stereocenters. The minimum absolute atomic E-state index is 0.0112. The van der Waals surface area contributed by atoms with E-state index in [1.54, 1.807) is 40.9 Å². The summed E-state index contributed by atoms with van der Waals surface area (Å²) in [5.41, 5.74) is 1.21. The summed E-state index contributed by atoms with van der Waals surface area (Å²) in [5, 5.41) is 7.92. The molecule has 1 N–H and O–H groups in total. The van der Waals surface area contributed by atoms with Gasteiger partial charge in [-0.25, -0.2) is 9.67 Å². The van der Waals surface area contributed by atoms with Crippen molar-refractivity contribution in [3.05, 3.63) is 71.0 Å². The van der Waals surface area contributed by atoms with Crippen LogP contribution in [-0.4, -0.2) is 55.6 Å². The van der Waals surface area contributed by atoms with Crippen molar-refractivity contribution < 1.29 is 9.59 Å². The van der Waals surface area contributed by atoms with Crippen LogP contribution in [0.15, 0.2) is 48.8 Å². The van der Waals surface area contributed by atoms with E-state index in [-0.39, 0.29) is 23.7 Å². The zero-order valence-electron chi connectivity index (χ0n) is 16.5. The first-order chi connectivity index (χ1) is 14.5. The summed E-state index contributed by atoms with van der Waals surface area (Å²) in [5.74, 6) is 0.361. The molecule has 0 radical (unpaired) electrons. The number of pyridine rings is 1. The highest BCUT2D eigenvalue weighted by Crippen LogP contribution is 2.21. The first kappa shape index (κ1) is 20.0. The van der Waals surface area contributed by atoms with Gasteiger partial charge >= 0.3 is 0 Å². The number of carbonyl (C=O) groups is 2. The lowest BCUT2D eigenvalue weighted by molar-refractivity contribution is 0.0686. The average Bonchev–Trinajstić information content (AvgIpc) is 3.16. The molecule has 3 heterocycles. The molecule has 0 saturated carbocycles. The van der Waals surface area contributed by atoms with Gasteiger partial charge in [0.2, 0.25) is 5.82 Å². The Hall–Kier alpha value is -3.26. The fourth-order valence-electron chi connectivity index (χ4n) is 3.47. The Morgan fingerprint density at radius 2 is 1.90 bits per heavy atom. The van der Waals surface area contributed by atoms with Crippen molar-refractivity contribution in [3.8, 4) is 5.69 Å². The summed E-state index contributed by atoms with van der Waals surface area (Å²) in [6.07, 6.45) is 4.50. The summed E-state index contributed by atoms with van der Waals surface area (Å²) < 4.78 is 1.58. The monoisotopic (exact) mass is 424 g/mol. The predicted molar refractivity (Wildman–Crippen MR) is 112 cm³/mol. The van der Waals surface area contributed by atoms with E-state index in [0.717, 1.165) is 0 Å². The van der Waals surface area contributed by atoms with Gasteiger partial charge in [0, 0.05) is 31.5 Å². The van der Waals surface area contributed by atoms with Gasteiger partial charge in [-0.15, -0.1) is 5.10 Å². The molecule has 0 atom stereocenters. The zero-order valence-corrected chi connectivity index (χ0v) is 17.2. The standard InChI is InChI=1S/C21H21ClN6O2/c1-14-24-19(26-28(14)18-7-3-2-6-17(18)22)21(30)27-11-8-16(9-12-27)25-20(29)15-5-4-10-23-13-15/h2-7,10,13,16H,8-9,11-12H2,1H3,(H,25,29). The highest BCUT2D eigenvalue weighted by atomic mass is 35.5. The van der Waals surface area contributed by atoms with E-state index in [0.29, 0.717) is 48.0 Å². The molecular formula is C21H21ClN6O2. The molecule has 1 aliphatic heterocycles. The van der Waals surface area contributed by atoms with E-state index >= 15 is 0 Å². The van der Waals surface area contributed by atoms with Gasteiger partial charge in [0.25, 0.3) is 11.8 Å². The van der Waals surface area contributed by atoms with Crippen molar-refractivity contribution in [1.29, 1.82) is 0 Å². The fourth-order valence-corrected chi connectivity index (χ4v) is 3.68. The Morgan fingerprint density at radius 3 is 2.60 bits per heavy atom. The molecular weight excluding hydrogens is 404 g/mol. The minimum Gasteiger partial charge on any atom is -0.349 e. The van der Waals surface area contributed by atoms with Crippen molar-refractivity contribution >= 4 is 23.4 Å². The number of benzene rings is 1. The molecule has 154 valence electrons. The lowest BCUT2D eigenvalue weighted by Gasteiger charge is -2.31. The van der Waals surface area contributed by atoms with Crippen molar-refractivity contribution in [2.45, 2.75) is 25.8 Å². The third-order valence-corrected chi connectivity index (χ3v) is 5.40. The van der Waals surface area contributed by atoms with Crippen molar-refractivity contribution in [3.63, 3.8) is 0 Å². The fraction of sp³-hybridized carbons (Fsp3) is 0.286. The molecule has 9 heteroatoms. The zero-order chi connectivity index (χ0) is 21.1. The molecule has 1 aromatic carbocycles. The summed E-state index contributed by atoms with van der Waals surface area (Å²) >= 11 is 6.25. The Bertz CT molecular complexity index is 1060. The first-order valence-corrected chi connectivity index (χ1v) is 10.1. The van der Waals surface area contributed by atoms with E-state index in [4.69, 9.17) is 11.6 Å². The normalized spacial score (nSPS) is 14.5. The molecule has 1 fully saturated rings. The number of para-hydroxylation sites is 1. The number of nitrogens with zero attached hydrogens (tertiary/aromatic N) is 5. The number of nitrogens with one attached hydrogen (secondary N) is 1. The number of hydrogen-bond acceptors (Lipinski definition) is 5. The van der Waals surface area contributed by atoms with E-state index < -0.39 is 0 Å². The highest BCUT2D eigenvalue weighted by molar-refractivity contribution is 6.32. The van der Waals surface area contributed by atoms with Crippen LogP contribution in [0.25, 0.3) is 5.69 Å². The maximum absolute atomic E-state index is 12.9. The van der Waals surface area contributed by atoms with Gasteiger partial charge in [0.1, 0.15) is 5.82 Å². The van der Waals surface area contributed by atoms with Crippen LogP contribution in [0.1, 0.15) is 39.6 Å². The second kappa shape index (κ2) is 8.62. The highest BCUT2D eigenvalue weighted by Gasteiger charge is 2.27. The molecule has 30 heavy (non-hydrogen) atoms. The number of likely N-dealkylation sites (tertiary alicyclic amines) is 1. The maximum atomic E-state index is 12.9. The molecule has 1 aliphatic rings. The van der Waals surface area contributed by atoms with Crippen molar-refractivity contribution in [1.82, 2.24) is 30.0 Å².